The summed E-state index contributed by atoms with van der Waals surface area (Å²) in [6.07, 6.45) is 5.79. The molecule has 0 aliphatic carbocycles. The van der Waals surface area contributed by atoms with Crippen LogP contribution in [0.2, 0.25) is 5.15 Å². The lowest BCUT2D eigenvalue weighted by molar-refractivity contribution is 0.194. The topological polar surface area (TPSA) is 41.1 Å². The van der Waals surface area contributed by atoms with E-state index in [0.29, 0.717) is 11.2 Å². The molecule has 0 aromatic carbocycles. The van der Waals surface area contributed by atoms with Gasteiger partial charge in [0, 0.05) is 24.6 Å². The fourth-order valence-electron chi connectivity index (χ4n) is 2.66. The molecule has 5 heteroatoms. The minimum atomic E-state index is 0.572. The Morgan fingerprint density at radius 2 is 2.15 bits per heavy atom. The lowest BCUT2D eigenvalue weighted by Crippen LogP contribution is -2.41. The van der Waals surface area contributed by atoms with E-state index in [4.69, 9.17) is 11.6 Å². The zero-order chi connectivity index (χ0) is 14.5. The Kier molecular flexibility index (Phi) is 5.61. The normalized spacial score (nSPS) is 20.1. The van der Waals surface area contributed by atoms with Crippen LogP contribution in [0.15, 0.2) is 0 Å². The first-order valence-corrected chi connectivity index (χ1v) is 7.96. The molecule has 0 spiro atoms. The van der Waals surface area contributed by atoms with Gasteiger partial charge in [0.25, 0.3) is 0 Å². The van der Waals surface area contributed by atoms with Gasteiger partial charge in [-0.1, -0.05) is 24.9 Å². The highest BCUT2D eigenvalue weighted by Crippen LogP contribution is 2.21. The van der Waals surface area contributed by atoms with Crippen molar-refractivity contribution in [3.8, 4) is 0 Å². The van der Waals surface area contributed by atoms with Gasteiger partial charge in [-0.05, 0) is 39.8 Å². The smallest absolute Gasteiger partial charge is 0.137 e. The van der Waals surface area contributed by atoms with Crippen LogP contribution in [0.25, 0.3) is 0 Å². The van der Waals surface area contributed by atoms with E-state index in [-0.39, 0.29) is 0 Å². The van der Waals surface area contributed by atoms with E-state index in [0.717, 1.165) is 36.6 Å². The van der Waals surface area contributed by atoms with Gasteiger partial charge >= 0.3 is 0 Å². The van der Waals surface area contributed by atoms with Gasteiger partial charge in [0.05, 0.1) is 0 Å². The average Bonchev–Trinajstić information content (AvgIpc) is 2.43. The molecule has 1 N–H and O–H groups in total. The van der Waals surface area contributed by atoms with Crippen LogP contribution in [-0.2, 0) is 6.42 Å². The third-order valence-corrected chi connectivity index (χ3v) is 4.40. The van der Waals surface area contributed by atoms with Gasteiger partial charge in [0.15, 0.2) is 0 Å². The minimum absolute atomic E-state index is 0.572. The van der Waals surface area contributed by atoms with E-state index < -0.39 is 0 Å². The summed E-state index contributed by atoms with van der Waals surface area (Å²) in [4.78, 5) is 11.4. The summed E-state index contributed by atoms with van der Waals surface area (Å²) >= 11 is 6.20. The van der Waals surface area contributed by atoms with Crippen LogP contribution in [0.4, 0.5) is 5.82 Å². The summed E-state index contributed by atoms with van der Waals surface area (Å²) in [6.45, 7) is 6.22. The second-order valence-corrected chi connectivity index (χ2v) is 6.02. The Morgan fingerprint density at radius 1 is 1.35 bits per heavy atom. The maximum absolute atomic E-state index is 6.20. The molecule has 0 saturated carbocycles. The number of rotatable bonds is 5. The lowest BCUT2D eigenvalue weighted by atomic mass is 10.0. The van der Waals surface area contributed by atoms with E-state index in [2.05, 4.69) is 34.2 Å². The van der Waals surface area contributed by atoms with Crippen molar-refractivity contribution in [1.29, 1.82) is 0 Å². The summed E-state index contributed by atoms with van der Waals surface area (Å²) in [6, 6.07) is 0.589. The van der Waals surface area contributed by atoms with Crippen LogP contribution in [0.1, 0.15) is 44.0 Å². The van der Waals surface area contributed by atoms with Gasteiger partial charge in [0.2, 0.25) is 0 Å². The number of aromatic nitrogens is 2. The Morgan fingerprint density at radius 3 is 2.85 bits per heavy atom. The fraction of sp³-hybridized carbons (Fsp3) is 0.733. The van der Waals surface area contributed by atoms with Gasteiger partial charge in [-0.25, -0.2) is 9.97 Å². The van der Waals surface area contributed by atoms with Crippen LogP contribution in [-0.4, -0.2) is 41.0 Å². The summed E-state index contributed by atoms with van der Waals surface area (Å²) < 4.78 is 0. The first-order chi connectivity index (χ1) is 9.61. The molecule has 1 fully saturated rings. The number of halogens is 1. The average molecular weight is 297 g/mol. The number of aryl methyl sites for hydroxylation is 1. The van der Waals surface area contributed by atoms with Gasteiger partial charge < -0.3 is 10.2 Å². The zero-order valence-electron chi connectivity index (χ0n) is 12.7. The Bertz CT molecular complexity index is 450. The standard InChI is InChI=1S/C15H25ClN4/c1-4-7-13-18-14(16)11(2)15(19-13)17-10-12-8-5-6-9-20(12)3/h12H,4-10H2,1-3H3,(H,17,18,19). The summed E-state index contributed by atoms with van der Waals surface area (Å²) in [5.41, 5.74) is 0.949. The number of likely N-dealkylation sites (N-methyl/N-ethyl adjacent to an activating group) is 1. The molecule has 1 atom stereocenters. The number of likely N-dealkylation sites (tertiary alicyclic amines) is 1. The number of anilines is 1. The van der Waals surface area contributed by atoms with Gasteiger partial charge in [-0.3, -0.25) is 0 Å². The molecule has 112 valence electrons. The van der Waals surface area contributed by atoms with Crippen molar-refractivity contribution < 1.29 is 0 Å². The molecule has 4 nitrogen and oxygen atoms in total. The molecule has 1 saturated heterocycles. The molecular weight excluding hydrogens is 272 g/mol. The van der Waals surface area contributed by atoms with Crippen molar-refractivity contribution in [2.75, 3.05) is 25.5 Å². The van der Waals surface area contributed by atoms with Gasteiger partial charge in [-0.2, -0.15) is 0 Å². The lowest BCUT2D eigenvalue weighted by Gasteiger charge is -2.32. The van der Waals surface area contributed by atoms with Crippen LogP contribution >= 0.6 is 11.6 Å². The minimum Gasteiger partial charge on any atom is -0.368 e. The van der Waals surface area contributed by atoms with Crippen molar-refractivity contribution in [3.05, 3.63) is 16.5 Å². The molecule has 2 rings (SSSR count). The Balaban J connectivity index is 2.04. The summed E-state index contributed by atoms with van der Waals surface area (Å²) in [7, 11) is 2.20. The molecule has 0 bridgehead atoms. The first-order valence-electron chi connectivity index (χ1n) is 7.59. The van der Waals surface area contributed by atoms with Crippen molar-refractivity contribution in [3.63, 3.8) is 0 Å². The predicted molar refractivity (Wildman–Crippen MR) is 84.5 cm³/mol. The largest absolute Gasteiger partial charge is 0.368 e. The SMILES string of the molecule is CCCc1nc(Cl)c(C)c(NCC2CCCCN2C)n1. The van der Waals surface area contributed by atoms with Crippen LogP contribution in [0.3, 0.4) is 0 Å². The Hall–Kier alpha value is -0.870. The number of piperidine rings is 1. The summed E-state index contributed by atoms with van der Waals surface area (Å²) in [5.74, 6) is 1.73. The molecule has 1 unspecified atom stereocenters. The number of hydrogen-bond acceptors (Lipinski definition) is 4. The van der Waals surface area contributed by atoms with E-state index in [1.165, 1.54) is 25.8 Å². The maximum Gasteiger partial charge on any atom is 0.137 e. The van der Waals surface area contributed by atoms with Gasteiger partial charge in [0.1, 0.15) is 16.8 Å². The molecule has 1 aromatic heterocycles. The predicted octanol–water partition coefficient (Wildman–Crippen LogP) is 3.29. The molecule has 0 radical (unpaired) electrons. The van der Waals surface area contributed by atoms with Crippen molar-refractivity contribution in [1.82, 2.24) is 14.9 Å². The zero-order valence-corrected chi connectivity index (χ0v) is 13.5. The molecule has 20 heavy (non-hydrogen) atoms. The highest BCUT2D eigenvalue weighted by molar-refractivity contribution is 6.30. The molecule has 1 aliphatic rings. The van der Waals surface area contributed by atoms with E-state index in [9.17, 15) is 0 Å². The van der Waals surface area contributed by atoms with Crippen molar-refractivity contribution >= 4 is 17.4 Å². The maximum atomic E-state index is 6.20. The third-order valence-electron chi connectivity index (χ3n) is 4.03. The van der Waals surface area contributed by atoms with E-state index in [1.54, 1.807) is 0 Å². The molecular formula is C15H25ClN4. The van der Waals surface area contributed by atoms with E-state index >= 15 is 0 Å². The monoisotopic (exact) mass is 296 g/mol. The summed E-state index contributed by atoms with van der Waals surface area (Å²) in [5, 5.41) is 4.05. The van der Waals surface area contributed by atoms with Crippen LogP contribution in [0, 0.1) is 6.92 Å². The molecule has 1 aliphatic heterocycles. The number of hydrogen-bond donors (Lipinski definition) is 1. The quantitative estimate of drug-likeness (QED) is 0.847. The molecule has 1 aromatic rings. The van der Waals surface area contributed by atoms with E-state index in [1.807, 2.05) is 6.92 Å². The van der Waals surface area contributed by atoms with Crippen LogP contribution < -0.4 is 5.32 Å². The fourth-order valence-corrected chi connectivity index (χ4v) is 2.84. The second-order valence-electron chi connectivity index (χ2n) is 5.67. The highest BCUT2D eigenvalue weighted by atomic mass is 35.5. The van der Waals surface area contributed by atoms with Crippen molar-refractivity contribution in [2.45, 2.75) is 52.0 Å². The first kappa shape index (κ1) is 15.5. The molecule has 0 amide bonds. The Labute approximate surface area is 126 Å². The number of nitrogens with zero attached hydrogens (tertiary/aromatic N) is 3. The molecule has 2 heterocycles. The van der Waals surface area contributed by atoms with Gasteiger partial charge in [-0.15, -0.1) is 0 Å². The third kappa shape index (κ3) is 3.83. The second kappa shape index (κ2) is 7.23. The highest BCUT2D eigenvalue weighted by Gasteiger charge is 2.19. The van der Waals surface area contributed by atoms with Crippen LogP contribution in [0.5, 0.6) is 0 Å². The number of nitrogens with one attached hydrogen (secondary N) is 1. The van der Waals surface area contributed by atoms with Crippen molar-refractivity contribution in [2.24, 2.45) is 0 Å².